The van der Waals surface area contributed by atoms with Crippen LogP contribution in [0.5, 0.6) is 0 Å². The molecule has 60 heavy (non-hydrogen) atoms. The predicted molar refractivity (Wildman–Crippen MR) is 260 cm³/mol. The second-order valence-electron chi connectivity index (χ2n) is 18.6. The van der Waals surface area contributed by atoms with Crippen LogP contribution in [0.1, 0.15) is 297 Å². The second kappa shape index (κ2) is 48.6. The van der Waals surface area contributed by atoms with Crippen molar-refractivity contribution in [1.82, 2.24) is 5.32 Å². The van der Waals surface area contributed by atoms with Gasteiger partial charge >= 0.3 is 5.97 Å². The van der Waals surface area contributed by atoms with Crippen molar-refractivity contribution in [3.63, 3.8) is 0 Å². The van der Waals surface area contributed by atoms with Gasteiger partial charge in [0.1, 0.15) is 6.10 Å². The third kappa shape index (κ3) is 43.3. The Bertz CT molecular complexity index is 909. The lowest BCUT2D eigenvalue weighted by molar-refractivity contribution is -0.151. The van der Waals surface area contributed by atoms with E-state index in [4.69, 9.17) is 4.74 Å². The summed E-state index contributed by atoms with van der Waals surface area (Å²) in [6, 6.07) is -0.697. The molecule has 0 aliphatic carbocycles. The van der Waals surface area contributed by atoms with Crippen molar-refractivity contribution in [2.24, 2.45) is 0 Å². The van der Waals surface area contributed by atoms with Crippen LogP contribution in [-0.2, 0) is 14.3 Å². The average molecular weight is 848 g/mol. The molecule has 0 fully saturated rings. The zero-order valence-corrected chi connectivity index (χ0v) is 40.6. The van der Waals surface area contributed by atoms with E-state index in [1.54, 1.807) is 0 Å². The molecule has 0 saturated heterocycles. The number of esters is 1. The van der Waals surface area contributed by atoms with Crippen LogP contribution in [0.2, 0.25) is 0 Å². The molecule has 3 N–H and O–H groups in total. The Labute approximate surface area is 374 Å². The van der Waals surface area contributed by atoms with E-state index >= 15 is 0 Å². The number of allylic oxidation sites excluding steroid dienone is 2. The quantitative estimate of drug-likeness (QED) is 0.0322. The summed E-state index contributed by atoms with van der Waals surface area (Å²) in [6.07, 6.45) is 54.1. The topological polar surface area (TPSA) is 95.9 Å². The highest BCUT2D eigenvalue weighted by molar-refractivity contribution is 5.77. The van der Waals surface area contributed by atoms with Crippen LogP contribution in [0, 0.1) is 0 Å². The van der Waals surface area contributed by atoms with Crippen molar-refractivity contribution >= 4 is 11.9 Å². The van der Waals surface area contributed by atoms with Crippen molar-refractivity contribution in [3.05, 3.63) is 12.2 Å². The van der Waals surface area contributed by atoms with Crippen LogP contribution < -0.4 is 5.32 Å². The fourth-order valence-corrected chi connectivity index (χ4v) is 8.49. The number of carbonyl (C=O) groups is 2. The first kappa shape index (κ1) is 58.6. The maximum atomic E-state index is 13.2. The molecule has 0 radical (unpaired) electrons. The molecule has 3 unspecified atom stereocenters. The Balaban J connectivity index is 4.55. The Kier molecular flexibility index (Phi) is 47.5. The van der Waals surface area contributed by atoms with Crippen molar-refractivity contribution in [1.29, 1.82) is 0 Å². The fraction of sp³-hybridized carbons (Fsp3) is 0.926. The molecule has 0 saturated carbocycles. The van der Waals surface area contributed by atoms with Gasteiger partial charge in [-0.3, -0.25) is 9.59 Å². The van der Waals surface area contributed by atoms with Gasteiger partial charge in [0.15, 0.2) is 0 Å². The van der Waals surface area contributed by atoms with Crippen molar-refractivity contribution in [3.8, 4) is 0 Å². The monoisotopic (exact) mass is 848 g/mol. The molecule has 0 aliphatic heterocycles. The molecular formula is C54H105NO5. The van der Waals surface area contributed by atoms with Crippen LogP contribution in [0.25, 0.3) is 0 Å². The molecule has 0 aromatic rings. The summed E-state index contributed by atoms with van der Waals surface area (Å²) in [5.74, 6) is -0.474. The number of ether oxygens (including phenoxy) is 1. The maximum absolute atomic E-state index is 13.2. The molecular weight excluding hydrogens is 743 g/mol. The van der Waals surface area contributed by atoms with Crippen molar-refractivity contribution in [2.45, 2.75) is 315 Å². The third-order valence-corrected chi connectivity index (χ3v) is 12.6. The molecule has 0 rings (SSSR count). The first-order chi connectivity index (χ1) is 29.5. The highest BCUT2D eigenvalue weighted by Gasteiger charge is 2.24. The Hall–Kier alpha value is -1.40. The Morgan fingerprint density at radius 2 is 0.800 bits per heavy atom. The maximum Gasteiger partial charge on any atom is 0.306 e. The zero-order valence-electron chi connectivity index (χ0n) is 40.6. The van der Waals surface area contributed by atoms with E-state index in [2.05, 4.69) is 38.2 Å². The van der Waals surface area contributed by atoms with E-state index in [0.29, 0.717) is 19.3 Å². The first-order valence-corrected chi connectivity index (χ1v) is 26.9. The minimum Gasteiger partial charge on any atom is -0.462 e. The van der Waals surface area contributed by atoms with Gasteiger partial charge in [0, 0.05) is 6.42 Å². The number of nitrogens with one attached hydrogen (secondary N) is 1. The Morgan fingerprint density at radius 3 is 1.18 bits per heavy atom. The summed E-state index contributed by atoms with van der Waals surface area (Å²) in [6.45, 7) is 6.50. The fourth-order valence-electron chi connectivity index (χ4n) is 8.49. The van der Waals surface area contributed by atoms with Crippen LogP contribution in [0.4, 0.5) is 0 Å². The van der Waals surface area contributed by atoms with E-state index in [1.165, 1.54) is 199 Å². The summed E-state index contributed by atoms with van der Waals surface area (Å²) < 4.78 is 5.94. The number of unbranched alkanes of at least 4 members (excludes halogenated alkanes) is 35. The highest BCUT2D eigenvalue weighted by Crippen LogP contribution is 2.18. The summed E-state index contributed by atoms with van der Waals surface area (Å²) in [4.78, 5) is 26.2. The third-order valence-electron chi connectivity index (χ3n) is 12.6. The molecule has 0 aliphatic rings. The molecule has 0 heterocycles. The van der Waals surface area contributed by atoms with Gasteiger partial charge < -0.3 is 20.3 Å². The lowest BCUT2D eigenvalue weighted by atomic mass is 10.0. The summed E-state index contributed by atoms with van der Waals surface area (Å²) in [7, 11) is 0. The predicted octanol–water partition coefficient (Wildman–Crippen LogP) is 16.1. The molecule has 0 aromatic heterocycles. The zero-order chi connectivity index (χ0) is 43.8. The number of aliphatic hydroxyl groups is 2. The normalized spacial score (nSPS) is 13.2. The van der Waals surface area contributed by atoms with E-state index < -0.39 is 18.2 Å². The number of amides is 1. The lowest BCUT2D eigenvalue weighted by Crippen LogP contribution is -2.46. The van der Waals surface area contributed by atoms with Crippen molar-refractivity contribution < 1.29 is 24.5 Å². The van der Waals surface area contributed by atoms with Gasteiger partial charge in [-0.05, 0) is 51.4 Å². The van der Waals surface area contributed by atoms with Gasteiger partial charge in [-0.1, -0.05) is 245 Å². The van der Waals surface area contributed by atoms with Crippen LogP contribution >= 0.6 is 0 Å². The summed E-state index contributed by atoms with van der Waals surface area (Å²) in [5, 5.41) is 23.8. The van der Waals surface area contributed by atoms with Gasteiger partial charge in [-0.2, -0.15) is 0 Å². The van der Waals surface area contributed by atoms with E-state index in [0.717, 1.165) is 51.4 Å². The SMILES string of the molecule is CCCCCCCCC/C=C\CCCCCC(=O)OC(CCCCCCCCCCCCCCCCCC)CC(=O)NC(CO)C(O)CCCCCCCCCCCCC. The van der Waals surface area contributed by atoms with Gasteiger partial charge in [-0.25, -0.2) is 0 Å². The number of rotatable bonds is 49. The average Bonchev–Trinajstić information content (AvgIpc) is 3.24. The molecule has 6 heteroatoms. The molecule has 0 bridgehead atoms. The molecule has 6 nitrogen and oxygen atoms in total. The molecule has 356 valence electrons. The summed E-state index contributed by atoms with van der Waals surface area (Å²) >= 11 is 0. The van der Waals surface area contributed by atoms with Crippen molar-refractivity contribution in [2.75, 3.05) is 6.61 Å². The van der Waals surface area contributed by atoms with E-state index in [1.807, 2.05) is 0 Å². The Morgan fingerprint density at radius 1 is 0.467 bits per heavy atom. The molecule has 1 amide bonds. The molecule has 0 aromatic carbocycles. The molecule has 3 atom stereocenters. The number of hydrogen-bond acceptors (Lipinski definition) is 5. The van der Waals surface area contributed by atoms with Crippen LogP contribution in [0.15, 0.2) is 12.2 Å². The van der Waals surface area contributed by atoms with Gasteiger partial charge in [0.05, 0.1) is 25.2 Å². The standard InChI is InChI=1S/C54H105NO5/c1-4-7-10-13-16-19-22-24-26-27-28-31-33-36-39-42-45-50(60-54(59)47-44-41-38-35-32-29-25-23-20-17-14-11-8-5-2)48-53(58)55-51(49-56)52(57)46-43-40-37-34-30-21-18-15-12-9-6-3/h29,32,50-52,56-57H,4-28,30-31,33-49H2,1-3H3,(H,55,58)/b32-29-. The van der Waals surface area contributed by atoms with E-state index in [-0.39, 0.29) is 24.9 Å². The smallest absolute Gasteiger partial charge is 0.306 e. The largest absolute Gasteiger partial charge is 0.462 e. The summed E-state index contributed by atoms with van der Waals surface area (Å²) in [5.41, 5.74) is 0. The number of carbonyl (C=O) groups excluding carboxylic acids is 2. The van der Waals surface area contributed by atoms with Gasteiger partial charge in [0.2, 0.25) is 5.91 Å². The number of hydrogen-bond donors (Lipinski definition) is 3. The minimum atomic E-state index is -0.783. The van der Waals surface area contributed by atoms with Crippen LogP contribution in [0.3, 0.4) is 0 Å². The van der Waals surface area contributed by atoms with Crippen LogP contribution in [-0.4, -0.2) is 46.9 Å². The van der Waals surface area contributed by atoms with Gasteiger partial charge in [-0.15, -0.1) is 0 Å². The first-order valence-electron chi connectivity index (χ1n) is 26.9. The number of aliphatic hydroxyl groups excluding tert-OH is 2. The second-order valence-corrected chi connectivity index (χ2v) is 18.6. The minimum absolute atomic E-state index is 0.0790. The highest BCUT2D eigenvalue weighted by atomic mass is 16.5. The molecule has 0 spiro atoms. The van der Waals surface area contributed by atoms with Gasteiger partial charge in [0.25, 0.3) is 0 Å². The lowest BCUT2D eigenvalue weighted by Gasteiger charge is -2.24. The van der Waals surface area contributed by atoms with E-state index in [9.17, 15) is 19.8 Å².